The van der Waals surface area contributed by atoms with Gasteiger partial charge >= 0.3 is 6.03 Å². The van der Waals surface area contributed by atoms with Gasteiger partial charge < -0.3 is 10.2 Å². The molecular weight excluding hydrogens is 306 g/mol. The van der Waals surface area contributed by atoms with Gasteiger partial charge in [-0.1, -0.05) is 0 Å². The van der Waals surface area contributed by atoms with E-state index < -0.39 is 11.6 Å². The monoisotopic (exact) mass is 324 g/mol. The summed E-state index contributed by atoms with van der Waals surface area (Å²) >= 11 is 1.58. The third-order valence-electron chi connectivity index (χ3n) is 3.28. The van der Waals surface area contributed by atoms with E-state index in [0.29, 0.717) is 6.54 Å². The predicted molar refractivity (Wildman–Crippen MR) is 85.1 cm³/mol. The Bertz CT molecular complexity index is 650. The molecule has 0 aliphatic carbocycles. The van der Waals surface area contributed by atoms with Crippen LogP contribution < -0.4 is 5.32 Å². The van der Waals surface area contributed by atoms with E-state index in [9.17, 15) is 13.6 Å². The number of hydrogen-bond acceptors (Lipinski definition) is 2. The van der Waals surface area contributed by atoms with Gasteiger partial charge in [0.2, 0.25) is 0 Å². The standard InChI is InChI=1S/C16H18F2N2OS/c1-10(2)20(9-15-11(3)4-5-22-15)16(21)19-14-7-12(17)6-13(18)8-14/h4-8,10H,9H2,1-3H3,(H,19,21). The molecule has 22 heavy (non-hydrogen) atoms. The molecule has 6 heteroatoms. The summed E-state index contributed by atoms with van der Waals surface area (Å²) in [5, 5.41) is 4.52. The number of carbonyl (C=O) groups excluding carboxylic acids is 1. The highest BCUT2D eigenvalue weighted by atomic mass is 32.1. The molecule has 0 atom stereocenters. The number of urea groups is 1. The van der Waals surface area contributed by atoms with Gasteiger partial charge in [-0.3, -0.25) is 0 Å². The van der Waals surface area contributed by atoms with Crippen LogP contribution in [0.4, 0.5) is 19.3 Å². The van der Waals surface area contributed by atoms with Crippen molar-refractivity contribution >= 4 is 23.1 Å². The first kappa shape index (κ1) is 16.4. The largest absolute Gasteiger partial charge is 0.322 e. The number of nitrogens with one attached hydrogen (secondary N) is 1. The lowest BCUT2D eigenvalue weighted by Crippen LogP contribution is -2.39. The van der Waals surface area contributed by atoms with Crippen molar-refractivity contribution in [3.8, 4) is 0 Å². The van der Waals surface area contributed by atoms with Gasteiger partial charge in [-0.15, -0.1) is 11.3 Å². The Kier molecular flexibility index (Phi) is 5.13. The van der Waals surface area contributed by atoms with Crippen LogP contribution in [0.25, 0.3) is 0 Å². The maximum Gasteiger partial charge on any atom is 0.322 e. The Morgan fingerprint density at radius 3 is 2.41 bits per heavy atom. The molecule has 0 unspecified atom stereocenters. The fourth-order valence-electron chi connectivity index (χ4n) is 2.03. The molecule has 0 spiro atoms. The molecule has 0 aliphatic heterocycles. The average molecular weight is 324 g/mol. The lowest BCUT2D eigenvalue weighted by molar-refractivity contribution is 0.194. The van der Waals surface area contributed by atoms with Gasteiger partial charge in [-0.25, -0.2) is 13.6 Å². The summed E-state index contributed by atoms with van der Waals surface area (Å²) < 4.78 is 26.4. The number of hydrogen-bond donors (Lipinski definition) is 1. The fourth-order valence-corrected chi connectivity index (χ4v) is 2.93. The maximum absolute atomic E-state index is 13.2. The molecule has 1 aromatic carbocycles. The molecule has 1 aromatic heterocycles. The van der Waals surface area contributed by atoms with E-state index in [4.69, 9.17) is 0 Å². The van der Waals surface area contributed by atoms with E-state index >= 15 is 0 Å². The fraction of sp³-hybridized carbons (Fsp3) is 0.312. The van der Waals surface area contributed by atoms with Crippen LogP contribution >= 0.6 is 11.3 Å². The van der Waals surface area contributed by atoms with Crippen molar-refractivity contribution < 1.29 is 13.6 Å². The number of carbonyl (C=O) groups is 1. The molecule has 1 N–H and O–H groups in total. The number of rotatable bonds is 4. The molecule has 0 saturated carbocycles. The number of aryl methyl sites for hydroxylation is 1. The zero-order valence-electron chi connectivity index (χ0n) is 12.7. The van der Waals surface area contributed by atoms with Crippen LogP contribution in [0.5, 0.6) is 0 Å². The summed E-state index contributed by atoms with van der Waals surface area (Å²) in [6.07, 6.45) is 0. The van der Waals surface area contributed by atoms with Crippen LogP contribution in [0.1, 0.15) is 24.3 Å². The van der Waals surface area contributed by atoms with E-state index in [-0.39, 0.29) is 17.8 Å². The van der Waals surface area contributed by atoms with Crippen molar-refractivity contribution in [1.29, 1.82) is 0 Å². The normalized spacial score (nSPS) is 10.8. The second kappa shape index (κ2) is 6.87. The highest BCUT2D eigenvalue weighted by Crippen LogP contribution is 2.20. The molecule has 3 nitrogen and oxygen atoms in total. The number of nitrogens with zero attached hydrogens (tertiary/aromatic N) is 1. The van der Waals surface area contributed by atoms with Gasteiger partial charge in [0, 0.05) is 22.7 Å². The van der Waals surface area contributed by atoms with Gasteiger partial charge in [0.25, 0.3) is 0 Å². The summed E-state index contributed by atoms with van der Waals surface area (Å²) in [5.41, 5.74) is 1.23. The first-order chi connectivity index (χ1) is 10.4. The van der Waals surface area contributed by atoms with Crippen LogP contribution in [-0.2, 0) is 6.54 Å². The molecule has 0 bridgehead atoms. The Labute approximate surface area is 132 Å². The molecule has 118 valence electrons. The molecule has 1 heterocycles. The molecule has 0 fully saturated rings. The van der Waals surface area contributed by atoms with Crippen molar-refractivity contribution in [2.75, 3.05) is 5.32 Å². The minimum absolute atomic E-state index is 0.0418. The van der Waals surface area contributed by atoms with Crippen molar-refractivity contribution in [2.24, 2.45) is 0 Å². The van der Waals surface area contributed by atoms with E-state index in [1.54, 1.807) is 16.2 Å². The summed E-state index contributed by atoms with van der Waals surface area (Å²) in [4.78, 5) is 15.1. The number of anilines is 1. The Morgan fingerprint density at radius 1 is 1.27 bits per heavy atom. The molecule has 2 aromatic rings. The van der Waals surface area contributed by atoms with Crippen LogP contribution in [0, 0.1) is 18.6 Å². The zero-order chi connectivity index (χ0) is 16.3. The van der Waals surface area contributed by atoms with Gasteiger partial charge in [-0.2, -0.15) is 0 Å². The first-order valence-corrected chi connectivity index (χ1v) is 7.81. The van der Waals surface area contributed by atoms with Crippen molar-refractivity contribution in [3.63, 3.8) is 0 Å². The van der Waals surface area contributed by atoms with Crippen LogP contribution in [0.2, 0.25) is 0 Å². The predicted octanol–water partition coefficient (Wildman–Crippen LogP) is 4.78. The van der Waals surface area contributed by atoms with Crippen molar-refractivity contribution in [3.05, 3.63) is 51.7 Å². The summed E-state index contributed by atoms with van der Waals surface area (Å²) in [6, 6.07) is 4.53. The summed E-state index contributed by atoms with van der Waals surface area (Å²) in [7, 11) is 0. The van der Waals surface area contributed by atoms with Crippen molar-refractivity contribution in [1.82, 2.24) is 4.90 Å². The van der Waals surface area contributed by atoms with Crippen LogP contribution in [-0.4, -0.2) is 17.0 Å². The lowest BCUT2D eigenvalue weighted by atomic mass is 10.2. The maximum atomic E-state index is 13.2. The number of benzene rings is 1. The highest BCUT2D eigenvalue weighted by molar-refractivity contribution is 7.10. The van der Waals surface area contributed by atoms with Crippen molar-refractivity contribution in [2.45, 2.75) is 33.4 Å². The van der Waals surface area contributed by atoms with Crippen LogP contribution in [0.15, 0.2) is 29.6 Å². The number of thiophene rings is 1. The summed E-state index contributed by atoms with van der Waals surface area (Å²) in [5.74, 6) is -1.44. The van der Waals surface area contributed by atoms with E-state index in [2.05, 4.69) is 5.32 Å². The highest BCUT2D eigenvalue weighted by Gasteiger charge is 2.19. The molecule has 2 rings (SSSR count). The Morgan fingerprint density at radius 2 is 1.91 bits per heavy atom. The van der Waals surface area contributed by atoms with E-state index in [0.717, 1.165) is 28.6 Å². The number of halogens is 2. The third-order valence-corrected chi connectivity index (χ3v) is 4.29. The summed E-state index contributed by atoms with van der Waals surface area (Å²) in [6.45, 7) is 6.25. The lowest BCUT2D eigenvalue weighted by Gasteiger charge is -2.27. The van der Waals surface area contributed by atoms with Gasteiger partial charge in [0.05, 0.1) is 6.54 Å². The quantitative estimate of drug-likeness (QED) is 0.862. The van der Waals surface area contributed by atoms with E-state index in [1.165, 1.54) is 0 Å². The minimum atomic E-state index is -0.722. The van der Waals surface area contributed by atoms with Gasteiger partial charge in [0.15, 0.2) is 0 Å². The number of amides is 2. The topological polar surface area (TPSA) is 32.3 Å². The smallest absolute Gasteiger partial charge is 0.317 e. The second-order valence-corrected chi connectivity index (χ2v) is 6.34. The molecular formula is C16H18F2N2OS. The molecule has 0 aliphatic rings. The third kappa shape index (κ3) is 4.04. The molecule has 2 amide bonds. The van der Waals surface area contributed by atoms with Gasteiger partial charge in [0.1, 0.15) is 11.6 Å². The zero-order valence-corrected chi connectivity index (χ0v) is 13.5. The molecule has 0 saturated heterocycles. The molecule has 0 radical (unpaired) electrons. The first-order valence-electron chi connectivity index (χ1n) is 6.93. The minimum Gasteiger partial charge on any atom is -0.317 e. The van der Waals surface area contributed by atoms with E-state index in [1.807, 2.05) is 32.2 Å². The van der Waals surface area contributed by atoms with Crippen LogP contribution in [0.3, 0.4) is 0 Å². The SMILES string of the molecule is Cc1ccsc1CN(C(=O)Nc1cc(F)cc(F)c1)C(C)C. The average Bonchev–Trinajstić information content (AvgIpc) is 2.79. The second-order valence-electron chi connectivity index (χ2n) is 5.34. The van der Waals surface area contributed by atoms with Gasteiger partial charge in [-0.05, 0) is 49.9 Å². The Hall–Kier alpha value is -1.95. The Balaban J connectivity index is 2.14.